The molecule has 3 amide bonds. The summed E-state index contributed by atoms with van der Waals surface area (Å²) in [5, 5.41) is 2.57. The van der Waals surface area contributed by atoms with Gasteiger partial charge in [0.2, 0.25) is 5.76 Å². The van der Waals surface area contributed by atoms with Crippen molar-refractivity contribution in [3.8, 4) is 11.5 Å². The van der Waals surface area contributed by atoms with E-state index in [1.54, 1.807) is 18.2 Å². The van der Waals surface area contributed by atoms with Gasteiger partial charge in [0.1, 0.15) is 17.1 Å². The number of furan rings is 1. The first-order valence-electron chi connectivity index (χ1n) is 10.2. The molecule has 1 aromatic carbocycles. The van der Waals surface area contributed by atoms with Crippen molar-refractivity contribution in [1.82, 2.24) is 10.2 Å². The summed E-state index contributed by atoms with van der Waals surface area (Å²) in [6, 6.07) is 5.82. The number of esters is 1. The van der Waals surface area contributed by atoms with Crippen molar-refractivity contribution in [1.29, 1.82) is 0 Å². The van der Waals surface area contributed by atoms with Gasteiger partial charge >= 0.3 is 12.0 Å². The van der Waals surface area contributed by atoms with Gasteiger partial charge in [-0.1, -0.05) is 15.9 Å². The number of hydrogen-bond acceptors (Lipinski definition) is 7. The van der Waals surface area contributed by atoms with Gasteiger partial charge in [-0.15, -0.1) is 0 Å². The van der Waals surface area contributed by atoms with Crippen molar-refractivity contribution in [3.05, 3.63) is 51.5 Å². The number of halogens is 1. The number of amides is 3. The molecule has 9 nitrogen and oxygen atoms in total. The topological polar surface area (TPSA) is 107 Å². The summed E-state index contributed by atoms with van der Waals surface area (Å²) in [6.07, 6.45) is 1.55. The highest BCUT2D eigenvalue weighted by Gasteiger charge is 2.34. The molecule has 0 bridgehead atoms. The van der Waals surface area contributed by atoms with E-state index in [1.807, 2.05) is 27.7 Å². The third kappa shape index (κ3) is 5.75. The quantitative estimate of drug-likeness (QED) is 0.325. The molecule has 176 valence electrons. The van der Waals surface area contributed by atoms with Crippen LogP contribution in [0.15, 0.2) is 38.9 Å². The SMILES string of the molecule is CCOc1cc(/C=C2\NC(=O)N(Cc3ccc(C(=O)OC)o3)C2=O)c(Br)cc1OC(C)(C)C. The fourth-order valence-electron chi connectivity index (χ4n) is 3.04. The number of carbonyl (C=O) groups is 3. The fourth-order valence-corrected chi connectivity index (χ4v) is 3.48. The number of urea groups is 1. The van der Waals surface area contributed by atoms with E-state index in [-0.39, 0.29) is 23.8 Å². The monoisotopic (exact) mass is 520 g/mol. The number of nitrogens with zero attached hydrogens (tertiary/aromatic N) is 1. The van der Waals surface area contributed by atoms with Gasteiger partial charge in [-0.2, -0.15) is 0 Å². The Morgan fingerprint density at radius 3 is 2.58 bits per heavy atom. The second-order valence-electron chi connectivity index (χ2n) is 8.10. The minimum atomic E-state index is -0.645. The van der Waals surface area contributed by atoms with Crippen LogP contribution in [-0.4, -0.2) is 42.1 Å². The van der Waals surface area contributed by atoms with Crippen LogP contribution < -0.4 is 14.8 Å². The van der Waals surface area contributed by atoms with Crippen molar-refractivity contribution in [2.45, 2.75) is 39.8 Å². The first-order valence-corrected chi connectivity index (χ1v) is 11.0. The molecule has 3 rings (SSSR count). The molecular weight excluding hydrogens is 496 g/mol. The third-order valence-corrected chi connectivity index (χ3v) is 5.09. The summed E-state index contributed by atoms with van der Waals surface area (Å²) in [5.74, 6) is 0.149. The second kappa shape index (κ2) is 9.70. The molecule has 0 atom stereocenters. The van der Waals surface area contributed by atoms with Gasteiger partial charge in [0.15, 0.2) is 11.5 Å². The number of imide groups is 1. The van der Waals surface area contributed by atoms with Gasteiger partial charge < -0.3 is 23.9 Å². The smallest absolute Gasteiger partial charge is 0.373 e. The van der Waals surface area contributed by atoms with Crippen molar-refractivity contribution in [2.24, 2.45) is 0 Å². The maximum atomic E-state index is 12.9. The predicted molar refractivity (Wildman–Crippen MR) is 123 cm³/mol. The number of nitrogens with one attached hydrogen (secondary N) is 1. The lowest BCUT2D eigenvalue weighted by molar-refractivity contribution is -0.123. The Bertz CT molecular complexity index is 1110. The fraction of sp³-hybridized carbons (Fsp3) is 0.348. The van der Waals surface area contributed by atoms with Crippen LogP contribution in [-0.2, 0) is 16.1 Å². The van der Waals surface area contributed by atoms with Crippen LogP contribution in [0.2, 0.25) is 0 Å². The zero-order valence-corrected chi connectivity index (χ0v) is 20.6. The van der Waals surface area contributed by atoms with Gasteiger partial charge in [0, 0.05) is 4.47 Å². The summed E-state index contributed by atoms with van der Waals surface area (Å²) < 4.78 is 22.3. The highest BCUT2D eigenvalue weighted by Crippen LogP contribution is 2.37. The highest BCUT2D eigenvalue weighted by molar-refractivity contribution is 9.10. The second-order valence-corrected chi connectivity index (χ2v) is 8.96. The van der Waals surface area contributed by atoms with Crippen molar-refractivity contribution in [3.63, 3.8) is 0 Å². The zero-order valence-electron chi connectivity index (χ0n) is 19.0. The van der Waals surface area contributed by atoms with E-state index in [2.05, 4.69) is 26.0 Å². The maximum Gasteiger partial charge on any atom is 0.373 e. The summed E-state index contributed by atoms with van der Waals surface area (Å²) in [4.78, 5) is 37.8. The average molecular weight is 521 g/mol. The minimum Gasteiger partial charge on any atom is -0.490 e. The van der Waals surface area contributed by atoms with E-state index in [9.17, 15) is 14.4 Å². The molecule has 1 aliphatic heterocycles. The Labute approximate surface area is 199 Å². The van der Waals surface area contributed by atoms with Gasteiger partial charge in [-0.3, -0.25) is 9.69 Å². The van der Waals surface area contributed by atoms with Crippen molar-refractivity contribution < 1.29 is 33.0 Å². The Balaban J connectivity index is 1.85. The van der Waals surface area contributed by atoms with Crippen LogP contribution >= 0.6 is 15.9 Å². The van der Waals surface area contributed by atoms with E-state index in [1.165, 1.54) is 19.2 Å². The van der Waals surface area contributed by atoms with Crippen LogP contribution in [0.25, 0.3) is 6.08 Å². The number of methoxy groups -OCH3 is 1. The maximum absolute atomic E-state index is 12.9. The third-order valence-electron chi connectivity index (χ3n) is 4.40. The molecule has 33 heavy (non-hydrogen) atoms. The summed E-state index contributed by atoms with van der Waals surface area (Å²) in [7, 11) is 1.23. The van der Waals surface area contributed by atoms with Gasteiger partial charge in [-0.05, 0) is 63.6 Å². The summed E-state index contributed by atoms with van der Waals surface area (Å²) >= 11 is 3.50. The van der Waals surface area contributed by atoms with Crippen LogP contribution in [0.5, 0.6) is 11.5 Å². The van der Waals surface area contributed by atoms with Crippen LogP contribution in [0.3, 0.4) is 0 Å². The molecule has 2 aromatic rings. The molecule has 0 saturated carbocycles. The number of benzene rings is 1. The Hall–Kier alpha value is -3.27. The Morgan fingerprint density at radius 2 is 1.94 bits per heavy atom. The van der Waals surface area contributed by atoms with Crippen LogP contribution in [0, 0.1) is 0 Å². The zero-order chi connectivity index (χ0) is 24.3. The average Bonchev–Trinajstić information content (AvgIpc) is 3.30. The number of carbonyl (C=O) groups excluding carboxylic acids is 3. The minimum absolute atomic E-state index is 0.0136. The molecular formula is C23H25BrN2O7. The lowest BCUT2D eigenvalue weighted by Gasteiger charge is -2.23. The molecule has 10 heteroatoms. The molecule has 0 spiro atoms. The lowest BCUT2D eigenvalue weighted by Crippen LogP contribution is -2.30. The van der Waals surface area contributed by atoms with E-state index in [0.29, 0.717) is 28.1 Å². The van der Waals surface area contributed by atoms with Gasteiger partial charge in [0.05, 0.1) is 20.3 Å². The van der Waals surface area contributed by atoms with E-state index < -0.39 is 23.5 Å². The standard InChI is InChI=1S/C23H25BrN2O7/c1-6-31-18-10-13(15(24)11-19(18)33-23(2,3)4)9-16-20(27)26(22(29)25-16)12-14-7-8-17(32-14)21(28)30-5/h7-11H,6,12H2,1-5H3,(H,25,29)/b16-9-. The van der Waals surface area contributed by atoms with Gasteiger partial charge in [-0.25, -0.2) is 9.59 Å². The molecule has 2 heterocycles. The first kappa shape index (κ1) is 24.4. The normalized spacial score (nSPS) is 15.1. The first-order chi connectivity index (χ1) is 15.5. The van der Waals surface area contributed by atoms with Gasteiger partial charge in [0.25, 0.3) is 5.91 Å². The number of rotatable bonds is 7. The molecule has 1 aromatic heterocycles. The Kier molecular flexibility index (Phi) is 7.16. The predicted octanol–water partition coefficient (Wildman–Crippen LogP) is 4.50. The van der Waals surface area contributed by atoms with E-state index in [4.69, 9.17) is 13.9 Å². The highest BCUT2D eigenvalue weighted by atomic mass is 79.9. The van der Waals surface area contributed by atoms with E-state index in [0.717, 1.165) is 4.90 Å². The molecule has 0 radical (unpaired) electrons. The molecule has 0 unspecified atom stereocenters. The lowest BCUT2D eigenvalue weighted by atomic mass is 10.1. The Morgan fingerprint density at radius 1 is 1.21 bits per heavy atom. The molecule has 1 N–H and O–H groups in total. The van der Waals surface area contributed by atoms with Crippen LogP contribution in [0.4, 0.5) is 4.79 Å². The summed E-state index contributed by atoms with van der Waals surface area (Å²) in [5.41, 5.74) is 0.282. The van der Waals surface area contributed by atoms with E-state index >= 15 is 0 Å². The number of ether oxygens (including phenoxy) is 3. The molecule has 1 fully saturated rings. The largest absolute Gasteiger partial charge is 0.490 e. The molecule has 1 saturated heterocycles. The van der Waals surface area contributed by atoms with Crippen LogP contribution in [0.1, 0.15) is 49.6 Å². The molecule has 1 aliphatic rings. The molecule has 0 aliphatic carbocycles. The van der Waals surface area contributed by atoms with Crippen molar-refractivity contribution >= 4 is 39.9 Å². The number of hydrogen-bond donors (Lipinski definition) is 1. The van der Waals surface area contributed by atoms with Crippen molar-refractivity contribution in [2.75, 3.05) is 13.7 Å². The summed E-state index contributed by atoms with van der Waals surface area (Å²) in [6.45, 7) is 7.95.